The van der Waals surface area contributed by atoms with E-state index in [-0.39, 0.29) is 6.03 Å². The molecule has 0 saturated heterocycles. The Kier molecular flexibility index (Phi) is 7.26. The minimum Gasteiger partial charge on any atom is -0.338 e. The monoisotopic (exact) mass is 428 g/mol. The van der Waals surface area contributed by atoms with Crippen molar-refractivity contribution in [3.63, 3.8) is 0 Å². The molecule has 30 heavy (non-hydrogen) atoms. The average molecular weight is 429 g/mol. The number of pyridine rings is 1. The van der Waals surface area contributed by atoms with Gasteiger partial charge < -0.3 is 5.32 Å². The fourth-order valence-corrected chi connectivity index (χ4v) is 3.28. The van der Waals surface area contributed by atoms with Gasteiger partial charge >= 0.3 is 6.03 Å². The van der Waals surface area contributed by atoms with E-state index in [1.807, 2.05) is 30.3 Å². The van der Waals surface area contributed by atoms with E-state index in [1.165, 1.54) is 0 Å². The molecule has 0 bridgehead atoms. The lowest BCUT2D eigenvalue weighted by molar-refractivity contribution is 0.252. The second-order valence-corrected chi connectivity index (χ2v) is 8.60. The molecule has 2 heterocycles. The number of fused-ring (bicyclic) bond motifs is 1. The van der Waals surface area contributed by atoms with Crippen LogP contribution in [0.5, 0.6) is 0 Å². The first-order valence-corrected chi connectivity index (χ1v) is 11.5. The summed E-state index contributed by atoms with van der Waals surface area (Å²) in [5.41, 5.74) is 2.75. The quantitative estimate of drug-likeness (QED) is 0.450. The van der Waals surface area contributed by atoms with Crippen LogP contribution in [0.1, 0.15) is 19.3 Å². The zero-order valence-corrected chi connectivity index (χ0v) is 17.4. The maximum absolute atomic E-state index is 12.1. The van der Waals surface area contributed by atoms with Crippen molar-refractivity contribution in [2.75, 3.05) is 24.7 Å². The first kappa shape index (κ1) is 21.6. The van der Waals surface area contributed by atoms with Crippen molar-refractivity contribution in [3.05, 3.63) is 48.7 Å². The van der Waals surface area contributed by atoms with E-state index < -0.39 is 10.0 Å². The molecule has 9 nitrogen and oxygen atoms in total. The molecule has 3 aromatic rings. The zero-order valence-electron chi connectivity index (χ0n) is 16.6. The lowest BCUT2D eigenvalue weighted by atomic mass is 10.2. The third-order valence-corrected chi connectivity index (χ3v) is 4.95. The number of rotatable bonds is 9. The van der Waals surface area contributed by atoms with Crippen molar-refractivity contribution in [2.24, 2.45) is 0 Å². The molecule has 3 rings (SSSR count). The Labute approximate surface area is 175 Å². The number of sulfonamides is 1. The summed E-state index contributed by atoms with van der Waals surface area (Å²) in [5.74, 6) is 0.386. The maximum Gasteiger partial charge on any atom is 0.320 e. The topological polar surface area (TPSA) is 126 Å². The lowest BCUT2D eigenvalue weighted by Gasteiger charge is -2.08. The van der Waals surface area contributed by atoms with Gasteiger partial charge in [-0.15, -0.1) is 0 Å². The van der Waals surface area contributed by atoms with Crippen LogP contribution >= 0.6 is 0 Å². The van der Waals surface area contributed by atoms with Crippen LogP contribution in [0.3, 0.4) is 0 Å². The third kappa shape index (κ3) is 6.75. The number of hydrogen-bond acceptors (Lipinski definition) is 6. The number of nitrogens with zero attached hydrogens (tertiary/aromatic N) is 3. The van der Waals surface area contributed by atoms with Gasteiger partial charge in [0.2, 0.25) is 10.0 Å². The Morgan fingerprint density at radius 1 is 0.967 bits per heavy atom. The molecule has 0 radical (unpaired) electrons. The predicted octanol–water partition coefficient (Wildman–Crippen LogP) is 2.53. The van der Waals surface area contributed by atoms with Crippen molar-refractivity contribution in [1.29, 1.82) is 0 Å². The Bertz CT molecular complexity index is 1110. The number of amides is 2. The van der Waals surface area contributed by atoms with Crippen LogP contribution in [0.15, 0.2) is 48.7 Å². The normalized spacial score (nSPS) is 11.4. The first-order chi connectivity index (χ1) is 14.4. The minimum atomic E-state index is -3.15. The average Bonchev–Trinajstić information content (AvgIpc) is 2.72. The zero-order chi connectivity index (χ0) is 21.4. The molecule has 3 N–H and O–H groups in total. The molecular formula is C20H24N6O3S. The molecule has 0 aliphatic rings. The van der Waals surface area contributed by atoms with Gasteiger partial charge in [-0.3, -0.25) is 10.3 Å². The molecule has 1 aromatic carbocycles. The number of unbranched alkanes of at least 4 members (excludes halogenated alkanes) is 2. The van der Waals surface area contributed by atoms with Gasteiger partial charge in [0.25, 0.3) is 0 Å². The molecule has 0 unspecified atom stereocenters. The summed E-state index contributed by atoms with van der Waals surface area (Å²) in [7, 11) is -3.15. The third-order valence-electron chi connectivity index (χ3n) is 4.22. The summed E-state index contributed by atoms with van der Waals surface area (Å²) in [4.78, 5) is 25.4. The van der Waals surface area contributed by atoms with E-state index >= 15 is 0 Å². The number of anilines is 1. The highest BCUT2D eigenvalue weighted by Gasteiger charge is 2.07. The Morgan fingerprint density at radius 2 is 1.73 bits per heavy atom. The van der Waals surface area contributed by atoms with Crippen LogP contribution in [-0.4, -0.2) is 48.7 Å². The summed E-state index contributed by atoms with van der Waals surface area (Å²) in [5, 5.41) is 5.45. The van der Waals surface area contributed by atoms with Crippen LogP contribution in [0, 0.1) is 0 Å². The van der Waals surface area contributed by atoms with Gasteiger partial charge in [0.15, 0.2) is 5.65 Å². The molecule has 0 aliphatic heterocycles. The van der Waals surface area contributed by atoms with E-state index in [0.717, 1.165) is 24.7 Å². The van der Waals surface area contributed by atoms with Crippen LogP contribution < -0.4 is 15.4 Å². The number of hydrogen-bond donors (Lipinski definition) is 3. The second kappa shape index (κ2) is 10.1. The summed E-state index contributed by atoms with van der Waals surface area (Å²) in [6, 6.07) is 12.8. The van der Waals surface area contributed by atoms with Gasteiger partial charge in [-0.25, -0.2) is 27.9 Å². The summed E-state index contributed by atoms with van der Waals surface area (Å²) in [6.07, 6.45) is 5.09. The molecular weight excluding hydrogens is 404 g/mol. The van der Waals surface area contributed by atoms with Gasteiger partial charge in [-0.05, 0) is 25.0 Å². The number of carbonyl (C=O) groups excluding carboxylic acids is 1. The van der Waals surface area contributed by atoms with Crippen LogP contribution in [-0.2, 0) is 10.0 Å². The van der Waals surface area contributed by atoms with Crippen molar-refractivity contribution in [1.82, 2.24) is 25.0 Å². The highest BCUT2D eigenvalue weighted by Crippen LogP contribution is 2.18. The highest BCUT2D eigenvalue weighted by atomic mass is 32.2. The number of urea groups is 1. The summed E-state index contributed by atoms with van der Waals surface area (Å²) < 4.78 is 24.4. The Hall–Kier alpha value is -3.11. The van der Waals surface area contributed by atoms with E-state index in [9.17, 15) is 13.2 Å². The smallest absolute Gasteiger partial charge is 0.320 e. The lowest BCUT2D eigenvalue weighted by Crippen LogP contribution is -2.30. The fraction of sp³-hybridized carbons (Fsp3) is 0.300. The summed E-state index contributed by atoms with van der Waals surface area (Å²) in [6.45, 7) is 0.883. The molecule has 0 aliphatic carbocycles. The molecule has 10 heteroatoms. The highest BCUT2D eigenvalue weighted by molar-refractivity contribution is 7.88. The number of carbonyl (C=O) groups is 1. The van der Waals surface area contributed by atoms with Crippen molar-refractivity contribution >= 4 is 33.0 Å². The Balaban J connectivity index is 1.50. The number of aromatic nitrogens is 3. The van der Waals surface area contributed by atoms with Gasteiger partial charge in [0, 0.05) is 18.7 Å². The van der Waals surface area contributed by atoms with Gasteiger partial charge in [0.1, 0.15) is 11.3 Å². The SMILES string of the molecule is CS(=O)(=O)NCCCCCNC(=O)Nc1ccc2ncc(-c3ccccc3)nc2n1. The van der Waals surface area contributed by atoms with E-state index in [2.05, 4.69) is 30.3 Å². The fourth-order valence-electron chi connectivity index (χ4n) is 2.76. The molecule has 0 atom stereocenters. The van der Waals surface area contributed by atoms with E-state index in [4.69, 9.17) is 0 Å². The Morgan fingerprint density at radius 3 is 2.50 bits per heavy atom. The maximum atomic E-state index is 12.1. The largest absolute Gasteiger partial charge is 0.338 e. The van der Waals surface area contributed by atoms with E-state index in [1.54, 1.807) is 18.3 Å². The van der Waals surface area contributed by atoms with Crippen molar-refractivity contribution in [2.45, 2.75) is 19.3 Å². The standard InChI is InChI=1S/C20H24N6O3S/c1-30(28,29)23-13-7-3-6-12-21-20(27)26-18-11-10-16-19(25-18)24-17(14-22-16)15-8-4-2-5-9-15/h2,4-5,8-11,14,23H,3,6-7,12-13H2,1H3,(H2,21,24,25,26,27). The van der Waals surface area contributed by atoms with Crippen LogP contribution in [0.4, 0.5) is 10.6 Å². The van der Waals surface area contributed by atoms with Crippen LogP contribution in [0.25, 0.3) is 22.4 Å². The first-order valence-electron chi connectivity index (χ1n) is 9.59. The predicted molar refractivity (Wildman–Crippen MR) is 116 cm³/mol. The summed E-state index contributed by atoms with van der Waals surface area (Å²) >= 11 is 0. The van der Waals surface area contributed by atoms with Gasteiger partial charge in [-0.2, -0.15) is 0 Å². The number of nitrogens with one attached hydrogen (secondary N) is 3. The molecule has 0 saturated carbocycles. The van der Waals surface area contributed by atoms with Crippen LogP contribution in [0.2, 0.25) is 0 Å². The minimum absolute atomic E-state index is 0.358. The van der Waals surface area contributed by atoms with E-state index in [0.29, 0.717) is 42.2 Å². The van der Waals surface area contributed by atoms with Gasteiger partial charge in [0.05, 0.1) is 18.1 Å². The second-order valence-electron chi connectivity index (χ2n) is 6.77. The number of benzene rings is 1. The molecule has 0 fully saturated rings. The van der Waals surface area contributed by atoms with Gasteiger partial charge in [-0.1, -0.05) is 36.8 Å². The molecule has 0 spiro atoms. The van der Waals surface area contributed by atoms with Crippen molar-refractivity contribution in [3.8, 4) is 11.3 Å². The molecule has 2 amide bonds. The molecule has 158 valence electrons. The van der Waals surface area contributed by atoms with Crippen molar-refractivity contribution < 1.29 is 13.2 Å². The molecule has 2 aromatic heterocycles.